The van der Waals surface area contributed by atoms with Crippen LogP contribution in [0.5, 0.6) is 5.75 Å². The highest BCUT2D eigenvalue weighted by molar-refractivity contribution is 7.20. The van der Waals surface area contributed by atoms with Gasteiger partial charge in [0.2, 0.25) is 0 Å². The number of amides is 1. The van der Waals surface area contributed by atoms with Crippen LogP contribution in [0.2, 0.25) is 0 Å². The molecular formula is C29H35N7O3S. The third kappa shape index (κ3) is 6.27. The van der Waals surface area contributed by atoms with Gasteiger partial charge in [0, 0.05) is 49.9 Å². The Bertz CT molecular complexity index is 1490. The zero-order chi connectivity index (χ0) is 28.2. The standard InChI is InChI=1S/C29H35N7O3S/c1-19-27(22(35(3)33-19)17-36-14-12-34(2)13-15-36)32-29(37)38-18-24(20-8-5-4-6-9-20)39-23-10-7-11-25-21(23)16-26(40-25)28(30)31/h4-11,16,24H,12-15,17-18H2,1-3H3,(H3,30,31)(H,32,37). The molecule has 210 valence electrons. The number of aromatic nitrogens is 2. The van der Waals surface area contributed by atoms with Gasteiger partial charge in [0.1, 0.15) is 18.2 Å². The molecule has 2 aromatic heterocycles. The van der Waals surface area contributed by atoms with Crippen LogP contribution >= 0.6 is 11.3 Å². The third-order valence-corrected chi connectivity index (χ3v) is 8.26. The monoisotopic (exact) mass is 561 g/mol. The molecule has 2 aromatic carbocycles. The average molecular weight is 562 g/mol. The predicted octanol–water partition coefficient (Wildman–Crippen LogP) is 4.34. The van der Waals surface area contributed by atoms with Crippen LogP contribution in [0.15, 0.2) is 54.6 Å². The van der Waals surface area contributed by atoms with Gasteiger partial charge in [0.15, 0.2) is 6.10 Å². The molecule has 11 heteroatoms. The van der Waals surface area contributed by atoms with Crippen molar-refractivity contribution in [3.05, 3.63) is 76.4 Å². The number of carbonyl (C=O) groups is 1. The lowest BCUT2D eigenvalue weighted by Crippen LogP contribution is -2.44. The second kappa shape index (κ2) is 12.1. The van der Waals surface area contributed by atoms with E-state index >= 15 is 0 Å². The number of likely N-dealkylation sites (N-methyl/N-ethyl adjacent to an activating group) is 1. The van der Waals surface area contributed by atoms with E-state index in [0.717, 1.165) is 53.2 Å². The number of hydrogen-bond donors (Lipinski definition) is 3. The average Bonchev–Trinajstić information content (AvgIpc) is 3.50. The summed E-state index contributed by atoms with van der Waals surface area (Å²) in [5, 5.41) is 16.2. The summed E-state index contributed by atoms with van der Waals surface area (Å²) in [4.78, 5) is 18.4. The number of fused-ring (bicyclic) bond motifs is 1. The molecule has 40 heavy (non-hydrogen) atoms. The first-order valence-electron chi connectivity index (χ1n) is 13.2. The van der Waals surface area contributed by atoms with E-state index in [1.165, 1.54) is 11.3 Å². The van der Waals surface area contributed by atoms with Gasteiger partial charge in [-0.05, 0) is 37.7 Å². The Kier molecular flexibility index (Phi) is 8.34. The Morgan fingerprint density at radius 3 is 2.60 bits per heavy atom. The summed E-state index contributed by atoms with van der Waals surface area (Å²) in [5.74, 6) is 0.654. The van der Waals surface area contributed by atoms with E-state index in [-0.39, 0.29) is 12.4 Å². The van der Waals surface area contributed by atoms with Crippen LogP contribution < -0.4 is 15.8 Å². The number of anilines is 1. The lowest BCUT2D eigenvalue weighted by molar-refractivity contribution is 0.0909. The van der Waals surface area contributed by atoms with Crippen molar-refractivity contribution in [2.75, 3.05) is 45.2 Å². The number of nitrogens with two attached hydrogens (primary N) is 1. The molecule has 1 aliphatic rings. The van der Waals surface area contributed by atoms with Crippen LogP contribution in [-0.2, 0) is 18.3 Å². The molecule has 0 spiro atoms. The summed E-state index contributed by atoms with van der Waals surface area (Å²) < 4.78 is 15.0. The minimum atomic E-state index is -0.562. The van der Waals surface area contributed by atoms with E-state index in [1.807, 2.05) is 73.3 Å². The summed E-state index contributed by atoms with van der Waals surface area (Å²) in [5.41, 5.74) is 8.97. The van der Waals surface area contributed by atoms with Crippen molar-refractivity contribution in [1.29, 1.82) is 5.41 Å². The van der Waals surface area contributed by atoms with Crippen molar-refractivity contribution in [3.63, 3.8) is 0 Å². The Hall–Kier alpha value is -3.93. The van der Waals surface area contributed by atoms with Gasteiger partial charge >= 0.3 is 6.09 Å². The number of amidine groups is 1. The Morgan fingerprint density at radius 1 is 1.12 bits per heavy atom. The largest absolute Gasteiger partial charge is 0.481 e. The van der Waals surface area contributed by atoms with Crippen LogP contribution in [0, 0.1) is 12.3 Å². The van der Waals surface area contributed by atoms with Crippen molar-refractivity contribution in [2.45, 2.75) is 19.6 Å². The minimum Gasteiger partial charge on any atom is -0.481 e. The number of benzene rings is 2. The van der Waals surface area contributed by atoms with Gasteiger partial charge in [-0.25, -0.2) is 4.79 Å². The van der Waals surface area contributed by atoms with Gasteiger partial charge in [0.05, 0.1) is 22.0 Å². The zero-order valence-electron chi connectivity index (χ0n) is 23.0. The fourth-order valence-electron chi connectivity index (χ4n) is 4.85. The molecule has 0 saturated carbocycles. The molecule has 1 atom stereocenters. The van der Waals surface area contributed by atoms with E-state index < -0.39 is 12.2 Å². The van der Waals surface area contributed by atoms with Crippen molar-refractivity contribution in [3.8, 4) is 5.75 Å². The van der Waals surface area contributed by atoms with Gasteiger partial charge in [-0.1, -0.05) is 36.4 Å². The molecule has 4 N–H and O–H groups in total. The van der Waals surface area contributed by atoms with Gasteiger partial charge in [-0.15, -0.1) is 11.3 Å². The van der Waals surface area contributed by atoms with E-state index in [0.29, 0.717) is 22.9 Å². The first-order chi connectivity index (χ1) is 19.3. The number of rotatable bonds is 9. The first kappa shape index (κ1) is 27.6. The summed E-state index contributed by atoms with van der Waals surface area (Å²) in [6.45, 7) is 6.54. The van der Waals surface area contributed by atoms with E-state index in [1.54, 1.807) is 0 Å². The molecule has 0 bridgehead atoms. The van der Waals surface area contributed by atoms with Crippen molar-refractivity contribution in [1.82, 2.24) is 19.6 Å². The zero-order valence-corrected chi connectivity index (χ0v) is 23.8. The van der Waals surface area contributed by atoms with Crippen molar-refractivity contribution in [2.24, 2.45) is 12.8 Å². The number of ether oxygens (including phenoxy) is 2. The molecular weight excluding hydrogens is 526 g/mol. The Morgan fingerprint density at radius 2 is 1.88 bits per heavy atom. The lowest BCUT2D eigenvalue weighted by Gasteiger charge is -2.32. The van der Waals surface area contributed by atoms with Crippen molar-refractivity contribution < 1.29 is 14.3 Å². The Balaban J connectivity index is 1.30. The number of nitrogen functional groups attached to an aromatic ring is 1. The van der Waals surface area contributed by atoms with Gasteiger partial charge in [-0.2, -0.15) is 5.10 Å². The highest BCUT2D eigenvalue weighted by Gasteiger charge is 2.23. The minimum absolute atomic E-state index is 0.00302. The summed E-state index contributed by atoms with van der Waals surface area (Å²) >= 11 is 1.44. The summed E-state index contributed by atoms with van der Waals surface area (Å²) in [6, 6.07) is 17.3. The maximum absolute atomic E-state index is 13.1. The second-order valence-corrected chi connectivity index (χ2v) is 11.1. The van der Waals surface area contributed by atoms with E-state index in [2.05, 4.69) is 27.3 Å². The fourth-order valence-corrected chi connectivity index (χ4v) is 5.79. The molecule has 1 fully saturated rings. The fraction of sp³-hybridized carbons (Fsp3) is 0.345. The maximum Gasteiger partial charge on any atom is 0.411 e. The number of nitrogens with one attached hydrogen (secondary N) is 2. The van der Waals surface area contributed by atoms with Gasteiger partial charge in [-0.3, -0.25) is 20.3 Å². The lowest BCUT2D eigenvalue weighted by atomic mass is 10.1. The molecule has 3 heterocycles. The summed E-state index contributed by atoms with van der Waals surface area (Å²) in [6.07, 6.45) is -1.11. The first-order valence-corrected chi connectivity index (χ1v) is 14.1. The van der Waals surface area contributed by atoms with E-state index in [4.69, 9.17) is 20.6 Å². The molecule has 5 rings (SSSR count). The van der Waals surface area contributed by atoms with Gasteiger partial charge in [0.25, 0.3) is 0 Å². The van der Waals surface area contributed by atoms with Crippen LogP contribution in [0.3, 0.4) is 0 Å². The quantitative estimate of drug-likeness (QED) is 0.205. The number of carbonyl (C=O) groups excluding carboxylic acids is 1. The number of hydrogen-bond acceptors (Lipinski definition) is 8. The van der Waals surface area contributed by atoms with Gasteiger partial charge < -0.3 is 20.1 Å². The highest BCUT2D eigenvalue weighted by Crippen LogP contribution is 2.35. The number of nitrogens with zero attached hydrogens (tertiary/aromatic N) is 4. The smallest absolute Gasteiger partial charge is 0.411 e. The van der Waals surface area contributed by atoms with Crippen LogP contribution in [-0.4, -0.2) is 71.3 Å². The van der Waals surface area contributed by atoms with Crippen molar-refractivity contribution >= 4 is 39.0 Å². The maximum atomic E-state index is 13.1. The molecule has 0 radical (unpaired) electrons. The molecule has 1 unspecified atom stereocenters. The topological polar surface area (TPSA) is 122 Å². The molecule has 1 aliphatic heterocycles. The molecule has 10 nitrogen and oxygen atoms in total. The molecule has 1 amide bonds. The Labute approximate surface area is 237 Å². The number of aryl methyl sites for hydroxylation is 2. The van der Waals surface area contributed by atoms with Crippen LogP contribution in [0.25, 0.3) is 10.1 Å². The molecule has 0 aliphatic carbocycles. The number of thiophene rings is 1. The molecule has 4 aromatic rings. The second-order valence-electron chi connectivity index (χ2n) is 10.0. The highest BCUT2D eigenvalue weighted by atomic mass is 32.1. The normalized spacial score (nSPS) is 15.2. The van der Waals surface area contributed by atoms with Crippen LogP contribution in [0.4, 0.5) is 10.5 Å². The third-order valence-electron chi connectivity index (χ3n) is 7.13. The van der Waals surface area contributed by atoms with Crippen LogP contribution in [0.1, 0.15) is 27.9 Å². The number of piperazine rings is 1. The SMILES string of the molecule is Cc1nn(C)c(CN2CCN(C)CC2)c1NC(=O)OCC(Oc1cccc2sc(C(=N)N)cc12)c1ccccc1. The summed E-state index contributed by atoms with van der Waals surface area (Å²) in [7, 11) is 4.03. The molecule has 1 saturated heterocycles. The predicted molar refractivity (Wildman–Crippen MR) is 158 cm³/mol. The van der Waals surface area contributed by atoms with E-state index in [9.17, 15) is 4.79 Å².